The lowest BCUT2D eigenvalue weighted by Gasteiger charge is -2.30. The summed E-state index contributed by atoms with van der Waals surface area (Å²) in [6, 6.07) is 4.40. The standard InChI is InChI=1S/C15H26N2O/c1-6-14-7-13(10-18)8-15(16-14)17(12(4)5)9-11(2)3/h7-8,11-12,18H,6,9-10H2,1-5H3. The van der Waals surface area contributed by atoms with Crippen molar-refractivity contribution >= 4 is 5.82 Å². The van der Waals surface area contributed by atoms with E-state index < -0.39 is 0 Å². The van der Waals surface area contributed by atoms with Crippen molar-refractivity contribution in [2.75, 3.05) is 11.4 Å². The minimum absolute atomic E-state index is 0.0795. The van der Waals surface area contributed by atoms with Gasteiger partial charge in [0.1, 0.15) is 5.82 Å². The summed E-state index contributed by atoms with van der Waals surface area (Å²) in [5.41, 5.74) is 2.00. The predicted octanol–water partition coefficient (Wildman–Crippen LogP) is 3.01. The SMILES string of the molecule is CCc1cc(CO)cc(N(CC(C)C)C(C)C)n1. The molecule has 1 aromatic heterocycles. The Balaban J connectivity index is 3.09. The topological polar surface area (TPSA) is 36.4 Å². The predicted molar refractivity (Wildman–Crippen MR) is 76.9 cm³/mol. The fraction of sp³-hybridized carbons (Fsp3) is 0.667. The first-order chi connectivity index (χ1) is 8.47. The van der Waals surface area contributed by atoms with E-state index in [0.717, 1.165) is 30.0 Å². The molecule has 0 aliphatic rings. The van der Waals surface area contributed by atoms with Crippen LogP contribution in [-0.2, 0) is 13.0 Å². The van der Waals surface area contributed by atoms with Gasteiger partial charge in [0.25, 0.3) is 0 Å². The second-order valence-corrected chi connectivity index (χ2v) is 5.48. The van der Waals surface area contributed by atoms with Crippen LogP contribution >= 0.6 is 0 Å². The van der Waals surface area contributed by atoms with Gasteiger partial charge in [-0.2, -0.15) is 0 Å². The van der Waals surface area contributed by atoms with Crippen molar-refractivity contribution in [1.29, 1.82) is 0 Å². The molecule has 0 fully saturated rings. The molecule has 0 aromatic carbocycles. The summed E-state index contributed by atoms with van der Waals surface area (Å²) in [5.74, 6) is 1.58. The summed E-state index contributed by atoms with van der Waals surface area (Å²) >= 11 is 0. The number of aliphatic hydroxyl groups excluding tert-OH is 1. The van der Waals surface area contributed by atoms with Gasteiger partial charge >= 0.3 is 0 Å². The Labute approximate surface area is 111 Å². The molecule has 1 aromatic rings. The monoisotopic (exact) mass is 250 g/mol. The van der Waals surface area contributed by atoms with Crippen LogP contribution in [0.2, 0.25) is 0 Å². The lowest BCUT2D eigenvalue weighted by atomic mass is 10.1. The van der Waals surface area contributed by atoms with Crippen molar-refractivity contribution in [1.82, 2.24) is 4.98 Å². The van der Waals surface area contributed by atoms with Gasteiger partial charge in [0.15, 0.2) is 0 Å². The van der Waals surface area contributed by atoms with Gasteiger partial charge in [0.2, 0.25) is 0 Å². The minimum Gasteiger partial charge on any atom is -0.392 e. The summed E-state index contributed by atoms with van der Waals surface area (Å²) < 4.78 is 0. The molecule has 0 spiro atoms. The number of anilines is 1. The molecule has 0 bridgehead atoms. The van der Waals surface area contributed by atoms with Crippen molar-refractivity contribution < 1.29 is 5.11 Å². The molecule has 1 rings (SSSR count). The smallest absolute Gasteiger partial charge is 0.129 e. The zero-order valence-electron chi connectivity index (χ0n) is 12.3. The maximum Gasteiger partial charge on any atom is 0.129 e. The van der Waals surface area contributed by atoms with Crippen LogP contribution in [0.25, 0.3) is 0 Å². The molecule has 1 N–H and O–H groups in total. The molecule has 0 aliphatic heterocycles. The molecule has 1 heterocycles. The molecule has 3 nitrogen and oxygen atoms in total. The molecule has 0 amide bonds. The first-order valence-electron chi connectivity index (χ1n) is 6.85. The van der Waals surface area contributed by atoms with E-state index in [4.69, 9.17) is 0 Å². The Hall–Kier alpha value is -1.09. The summed E-state index contributed by atoms with van der Waals surface area (Å²) in [6.45, 7) is 12.0. The third-order valence-corrected chi connectivity index (χ3v) is 2.95. The number of aliphatic hydroxyl groups is 1. The van der Waals surface area contributed by atoms with Crippen molar-refractivity contribution in [3.8, 4) is 0 Å². The molecule has 0 unspecified atom stereocenters. The van der Waals surface area contributed by atoms with Crippen LogP contribution in [-0.4, -0.2) is 22.7 Å². The molecule has 0 aliphatic carbocycles. The number of hydrogen-bond donors (Lipinski definition) is 1. The lowest BCUT2D eigenvalue weighted by molar-refractivity contribution is 0.281. The number of nitrogens with zero attached hydrogens (tertiary/aromatic N) is 2. The number of aromatic nitrogens is 1. The highest BCUT2D eigenvalue weighted by atomic mass is 16.3. The van der Waals surface area contributed by atoms with E-state index >= 15 is 0 Å². The fourth-order valence-corrected chi connectivity index (χ4v) is 2.02. The normalized spacial score (nSPS) is 11.3. The van der Waals surface area contributed by atoms with Crippen molar-refractivity contribution in [2.24, 2.45) is 5.92 Å². The summed E-state index contributed by atoms with van der Waals surface area (Å²) in [5, 5.41) is 9.34. The van der Waals surface area contributed by atoms with Gasteiger partial charge in [-0.25, -0.2) is 4.98 Å². The second-order valence-electron chi connectivity index (χ2n) is 5.48. The Morgan fingerprint density at radius 3 is 2.33 bits per heavy atom. The highest BCUT2D eigenvalue weighted by Crippen LogP contribution is 2.19. The van der Waals surface area contributed by atoms with Gasteiger partial charge in [-0.1, -0.05) is 20.8 Å². The van der Waals surface area contributed by atoms with E-state index in [1.807, 2.05) is 12.1 Å². The Kier molecular flexibility index (Phi) is 5.60. The second kappa shape index (κ2) is 6.74. The first-order valence-corrected chi connectivity index (χ1v) is 6.85. The van der Waals surface area contributed by atoms with Crippen LogP contribution in [0.15, 0.2) is 12.1 Å². The van der Waals surface area contributed by atoms with Crippen molar-refractivity contribution in [2.45, 2.75) is 53.7 Å². The van der Waals surface area contributed by atoms with E-state index in [-0.39, 0.29) is 6.61 Å². The molecule has 0 saturated heterocycles. The number of pyridine rings is 1. The van der Waals surface area contributed by atoms with Gasteiger partial charge in [-0.3, -0.25) is 0 Å². The average molecular weight is 250 g/mol. The first kappa shape index (κ1) is 15.0. The number of rotatable bonds is 6. The fourth-order valence-electron chi connectivity index (χ4n) is 2.02. The largest absolute Gasteiger partial charge is 0.392 e. The van der Waals surface area contributed by atoms with Crippen LogP contribution in [0.5, 0.6) is 0 Å². The maximum absolute atomic E-state index is 9.34. The Morgan fingerprint density at radius 2 is 1.89 bits per heavy atom. The van der Waals surface area contributed by atoms with Crippen molar-refractivity contribution in [3.63, 3.8) is 0 Å². The van der Waals surface area contributed by atoms with Gasteiger partial charge in [0, 0.05) is 18.3 Å². The van der Waals surface area contributed by atoms with E-state index in [1.54, 1.807) is 0 Å². The van der Waals surface area contributed by atoms with E-state index in [9.17, 15) is 5.11 Å². The molecule has 3 heteroatoms. The van der Waals surface area contributed by atoms with Gasteiger partial charge in [0.05, 0.1) is 6.61 Å². The highest BCUT2D eigenvalue weighted by Gasteiger charge is 2.14. The third kappa shape index (κ3) is 3.98. The maximum atomic E-state index is 9.34. The Morgan fingerprint density at radius 1 is 1.22 bits per heavy atom. The molecular formula is C15H26N2O. The highest BCUT2D eigenvalue weighted by molar-refractivity contribution is 5.43. The Bertz CT molecular complexity index is 353. The van der Waals surface area contributed by atoms with Crippen LogP contribution < -0.4 is 4.90 Å². The van der Waals surface area contributed by atoms with Gasteiger partial charge in [-0.05, 0) is 43.9 Å². The lowest BCUT2D eigenvalue weighted by Crippen LogP contribution is -2.35. The minimum atomic E-state index is 0.0795. The van der Waals surface area contributed by atoms with Crippen LogP contribution in [0.1, 0.15) is 45.9 Å². The molecule has 18 heavy (non-hydrogen) atoms. The molecule has 0 saturated carbocycles. The molecule has 102 valence electrons. The van der Waals surface area contributed by atoms with Crippen LogP contribution in [0, 0.1) is 5.92 Å². The van der Waals surface area contributed by atoms with Gasteiger partial charge in [-0.15, -0.1) is 0 Å². The molecule has 0 atom stereocenters. The zero-order valence-corrected chi connectivity index (χ0v) is 12.3. The summed E-state index contributed by atoms with van der Waals surface area (Å²) in [4.78, 5) is 7.00. The number of aryl methyl sites for hydroxylation is 1. The van der Waals surface area contributed by atoms with Crippen LogP contribution in [0.3, 0.4) is 0 Å². The number of hydrogen-bond acceptors (Lipinski definition) is 3. The quantitative estimate of drug-likeness (QED) is 0.843. The van der Waals surface area contributed by atoms with E-state index in [1.165, 1.54) is 0 Å². The average Bonchev–Trinajstić information content (AvgIpc) is 2.34. The van der Waals surface area contributed by atoms with E-state index in [2.05, 4.69) is 44.5 Å². The summed E-state index contributed by atoms with van der Waals surface area (Å²) in [7, 11) is 0. The third-order valence-electron chi connectivity index (χ3n) is 2.95. The molecule has 0 radical (unpaired) electrons. The zero-order chi connectivity index (χ0) is 13.7. The van der Waals surface area contributed by atoms with Gasteiger partial charge < -0.3 is 10.0 Å². The van der Waals surface area contributed by atoms with Crippen LogP contribution in [0.4, 0.5) is 5.82 Å². The van der Waals surface area contributed by atoms with Crippen molar-refractivity contribution in [3.05, 3.63) is 23.4 Å². The molecular weight excluding hydrogens is 224 g/mol. The summed E-state index contributed by atoms with van der Waals surface area (Å²) in [6.07, 6.45) is 0.897. The van der Waals surface area contributed by atoms with E-state index in [0.29, 0.717) is 12.0 Å².